The summed E-state index contributed by atoms with van der Waals surface area (Å²) in [5, 5.41) is 79.1. The highest BCUT2D eigenvalue weighted by Gasteiger charge is 2.54. The van der Waals surface area contributed by atoms with Gasteiger partial charge in [0, 0.05) is 45.1 Å². The normalized spacial score (nSPS) is 35.2. The number of hydrogen-bond donors (Lipinski definition) is 10. The van der Waals surface area contributed by atoms with Gasteiger partial charge in [-0.2, -0.15) is 0 Å². The summed E-state index contributed by atoms with van der Waals surface area (Å²) in [6.45, 7) is 12.6. The lowest BCUT2D eigenvalue weighted by Gasteiger charge is -2.48. The Labute approximate surface area is 443 Å². The lowest BCUT2D eigenvalue weighted by molar-refractivity contribution is -0.350. The zero-order valence-electron chi connectivity index (χ0n) is 44.5. The van der Waals surface area contributed by atoms with Gasteiger partial charge in [-0.15, -0.1) is 0 Å². The molecule has 0 aromatic heterocycles. The van der Waals surface area contributed by atoms with Crippen LogP contribution in [0.3, 0.4) is 0 Å². The molecule has 20 heteroatoms. The number of carbonyl (C=O) groups excluding carboxylic acids is 2. The Morgan fingerprint density at radius 3 is 2.07 bits per heavy atom. The first kappa shape index (κ1) is 59.9. The van der Waals surface area contributed by atoms with Gasteiger partial charge in [-0.25, -0.2) is 4.79 Å². The van der Waals surface area contributed by atoms with E-state index in [1.165, 1.54) is 5.56 Å². The molecule has 75 heavy (non-hydrogen) atoms. The number of rotatable bonds is 19. The van der Waals surface area contributed by atoms with Crippen LogP contribution < -0.4 is 21.3 Å². The van der Waals surface area contributed by atoms with Crippen molar-refractivity contribution in [3.05, 3.63) is 35.4 Å². The fourth-order valence-electron chi connectivity index (χ4n) is 11.9. The molecule has 6 fully saturated rings. The number of nitrogens with one attached hydrogen (secondary N) is 4. The summed E-state index contributed by atoms with van der Waals surface area (Å²) >= 11 is 0. The highest BCUT2D eigenvalue weighted by molar-refractivity contribution is 5.81. The highest BCUT2D eigenvalue weighted by atomic mass is 16.7. The Morgan fingerprint density at radius 1 is 0.680 bits per heavy atom. The first-order valence-electron chi connectivity index (χ1n) is 28.5. The monoisotopic (exact) mass is 1060 g/mol. The van der Waals surface area contributed by atoms with E-state index in [1.807, 2.05) is 6.92 Å². The fraction of sp³-hybridized carbons (Fsp3) is 0.836. The van der Waals surface area contributed by atoms with Crippen LogP contribution in [-0.4, -0.2) is 205 Å². The van der Waals surface area contributed by atoms with E-state index in [1.54, 1.807) is 6.92 Å². The molecule has 0 bridgehead atoms. The van der Waals surface area contributed by atoms with E-state index in [2.05, 4.69) is 50.4 Å². The van der Waals surface area contributed by atoms with E-state index in [4.69, 9.17) is 28.4 Å². The van der Waals surface area contributed by atoms with Crippen LogP contribution in [0.2, 0.25) is 0 Å². The van der Waals surface area contributed by atoms with Crippen LogP contribution in [0.4, 0.5) is 0 Å². The number of aryl methyl sites for hydroxylation is 1. The van der Waals surface area contributed by atoms with E-state index >= 15 is 0 Å². The summed E-state index contributed by atoms with van der Waals surface area (Å²) in [6, 6.07) is 8.64. The highest BCUT2D eigenvalue weighted by Crippen LogP contribution is 2.40. The molecular formula is C55H91N5O15. The van der Waals surface area contributed by atoms with Crippen LogP contribution in [-0.2, 0) is 55.8 Å². The smallest absolute Gasteiger partial charge is 0.332 e. The summed E-state index contributed by atoms with van der Waals surface area (Å²) in [5.74, 6) is -3.22. The summed E-state index contributed by atoms with van der Waals surface area (Å²) in [7, 11) is 0. The van der Waals surface area contributed by atoms with Crippen molar-refractivity contribution in [2.24, 2.45) is 23.7 Å². The number of ether oxygens (including phenoxy) is 6. The number of nitrogens with zero attached hydrogens (tertiary/aromatic N) is 1. The van der Waals surface area contributed by atoms with Gasteiger partial charge in [-0.05, 0) is 127 Å². The average molecular weight is 1060 g/mol. The topological polar surface area (TPSA) is 279 Å². The number of aliphatic hydroxyl groups excluding tert-OH is 5. The molecule has 15 atom stereocenters. The molecule has 0 amide bonds. The van der Waals surface area contributed by atoms with E-state index in [0.717, 1.165) is 109 Å². The molecule has 1 aromatic carbocycles. The van der Waals surface area contributed by atoms with E-state index < -0.39 is 116 Å². The molecule has 4 heterocycles. The molecule has 426 valence electrons. The number of Topliss-reactive ketones (excluding diaryl/α,β-unsaturated/α-hetero) is 1. The van der Waals surface area contributed by atoms with Gasteiger partial charge in [0.25, 0.3) is 0 Å². The third-order valence-corrected chi connectivity index (χ3v) is 16.5. The maximum atomic E-state index is 14.3. The molecule has 0 spiro atoms. The Bertz CT molecular complexity index is 1850. The standard InChI is InChI=1S/C55H91N5O15/c1-34-29-40(41(62)12-6-11-36-13-15-38(16-14-36)32-60-27-8-21-57-25-24-56-19-7-20-58-26-28-60)31-42(49(34)75-54-48(66)47(65)45(63)35(2)70-54)72-55-51(74-53(69)39-17-22-59-23-18-39)50(46(64)44(33-61)73-55)71-43(52(67)68)30-37-9-4-3-5-10-37/h13-16,34-35,37,39-40,42-51,54-59,61,63-66H,3-12,17-33H2,1-2H3,(H,67,68)/t34?,35?,40?,42?,43-,44?,45?,46?,47?,48?,49?,50?,51?,54?,55?/m0/s1. The molecule has 2 saturated carbocycles. The van der Waals surface area contributed by atoms with Gasteiger partial charge < -0.3 is 80.3 Å². The number of esters is 1. The van der Waals surface area contributed by atoms with Crippen LogP contribution in [0.15, 0.2) is 24.3 Å². The molecule has 20 nitrogen and oxygen atoms in total. The van der Waals surface area contributed by atoms with Crippen LogP contribution in [0.1, 0.15) is 115 Å². The van der Waals surface area contributed by atoms with Crippen LogP contribution in [0.25, 0.3) is 0 Å². The van der Waals surface area contributed by atoms with Crippen molar-refractivity contribution in [1.29, 1.82) is 0 Å². The molecule has 1 aromatic rings. The number of aliphatic hydroxyl groups is 5. The molecule has 4 aliphatic heterocycles. The number of piperidine rings is 1. The third-order valence-electron chi connectivity index (χ3n) is 16.5. The summed E-state index contributed by atoms with van der Waals surface area (Å²) in [5.41, 5.74) is 2.37. The first-order valence-corrected chi connectivity index (χ1v) is 28.5. The van der Waals surface area contributed by atoms with Gasteiger partial charge in [0.05, 0.1) is 30.8 Å². The van der Waals surface area contributed by atoms with Gasteiger partial charge in [0.1, 0.15) is 42.4 Å². The van der Waals surface area contributed by atoms with Gasteiger partial charge >= 0.3 is 11.9 Å². The van der Waals surface area contributed by atoms with Crippen molar-refractivity contribution >= 4 is 17.7 Å². The quantitative estimate of drug-likeness (QED) is 0.0877. The lowest BCUT2D eigenvalue weighted by atomic mass is 9.75. The third kappa shape index (κ3) is 17.6. The molecule has 10 N–H and O–H groups in total. The summed E-state index contributed by atoms with van der Waals surface area (Å²) in [6.07, 6.45) is -7.80. The molecule has 7 rings (SSSR count). The Hall–Kier alpha value is -2.77. The predicted octanol–water partition coefficient (Wildman–Crippen LogP) is 1.39. The molecule has 0 radical (unpaired) electrons. The number of hydrogen-bond acceptors (Lipinski definition) is 19. The van der Waals surface area contributed by atoms with Crippen molar-refractivity contribution in [2.45, 2.75) is 196 Å². The summed E-state index contributed by atoms with van der Waals surface area (Å²) < 4.78 is 38.1. The maximum Gasteiger partial charge on any atom is 0.332 e. The van der Waals surface area contributed by atoms with E-state index in [-0.39, 0.29) is 31.0 Å². The minimum Gasteiger partial charge on any atom is -0.479 e. The summed E-state index contributed by atoms with van der Waals surface area (Å²) in [4.78, 5) is 43.8. The average Bonchev–Trinajstić information content (AvgIpc) is 3.41. The molecule has 6 aliphatic rings. The molecule has 14 unspecified atom stereocenters. The zero-order valence-corrected chi connectivity index (χ0v) is 44.5. The molecular weight excluding hydrogens is 971 g/mol. The van der Waals surface area contributed by atoms with Gasteiger partial charge in [0.15, 0.2) is 24.8 Å². The van der Waals surface area contributed by atoms with Crippen LogP contribution in [0.5, 0.6) is 0 Å². The zero-order chi connectivity index (χ0) is 53.3. The first-order chi connectivity index (χ1) is 36.3. The van der Waals surface area contributed by atoms with Crippen molar-refractivity contribution in [3.63, 3.8) is 0 Å². The Kier molecular flexibility index (Phi) is 24.4. The molecule has 4 saturated heterocycles. The fourth-order valence-corrected chi connectivity index (χ4v) is 11.9. The number of ketones is 1. The van der Waals surface area contributed by atoms with Gasteiger partial charge in [0.2, 0.25) is 0 Å². The van der Waals surface area contributed by atoms with E-state index in [9.17, 15) is 45.0 Å². The Balaban J connectivity index is 1.06. The van der Waals surface area contributed by atoms with Crippen molar-refractivity contribution in [3.8, 4) is 0 Å². The lowest BCUT2D eigenvalue weighted by Crippen LogP contribution is -2.64. The minimum atomic E-state index is -1.64. The Morgan fingerprint density at radius 2 is 1.36 bits per heavy atom. The maximum absolute atomic E-state index is 14.3. The number of carboxylic acid groups (broad SMARTS) is 1. The molecule has 2 aliphatic carbocycles. The number of carboxylic acids is 1. The predicted molar refractivity (Wildman–Crippen MR) is 276 cm³/mol. The largest absolute Gasteiger partial charge is 0.479 e. The van der Waals surface area contributed by atoms with Gasteiger partial charge in [-0.3, -0.25) is 14.5 Å². The van der Waals surface area contributed by atoms with Crippen LogP contribution >= 0.6 is 0 Å². The number of carbonyl (C=O) groups is 3. The SMILES string of the molecule is CC1CC(C(=O)CCCc2ccc(CN3CCCNCCNCCCNCC3)cc2)CC(OC2OC(CO)C(O)C(O[C@@H](CC3CCCCC3)C(=O)O)C2OC(=O)C2CCNCC2)C1OC1OC(C)C(O)C(O)C1O. The van der Waals surface area contributed by atoms with Crippen molar-refractivity contribution < 1.29 is 73.4 Å². The van der Waals surface area contributed by atoms with E-state index in [0.29, 0.717) is 45.2 Å². The van der Waals surface area contributed by atoms with Gasteiger partial charge in [-0.1, -0.05) is 63.3 Å². The van der Waals surface area contributed by atoms with Crippen molar-refractivity contribution in [1.82, 2.24) is 26.2 Å². The minimum absolute atomic E-state index is 0.0166. The second kappa shape index (κ2) is 30.6. The van der Waals surface area contributed by atoms with Crippen LogP contribution in [0, 0.1) is 23.7 Å². The second-order valence-electron chi connectivity index (χ2n) is 22.3. The number of aliphatic carboxylic acids is 1. The van der Waals surface area contributed by atoms with Crippen molar-refractivity contribution in [2.75, 3.05) is 72.1 Å². The second-order valence-corrected chi connectivity index (χ2v) is 22.3. The number of benzene rings is 1.